The van der Waals surface area contributed by atoms with E-state index in [0.717, 1.165) is 38.6 Å². The van der Waals surface area contributed by atoms with Gasteiger partial charge in [-0.1, -0.05) is 19.8 Å². The lowest BCUT2D eigenvalue weighted by molar-refractivity contribution is -0.118. The number of nitrogens with one attached hydrogen (secondary N) is 1. The number of carbonyl (C=O) groups is 1. The topological polar surface area (TPSA) is 29.1 Å². The van der Waals surface area contributed by atoms with E-state index in [-0.39, 0.29) is 5.91 Å². The van der Waals surface area contributed by atoms with Gasteiger partial charge in [0.15, 0.2) is 0 Å². The molecule has 0 radical (unpaired) electrons. The standard InChI is InChI=1S/C10H20ClNO/c1-3-6-10(11)7-4-5-8-12-9(2)13/h10H,3-8H2,1-2H3,(H,12,13). The fourth-order valence-corrected chi connectivity index (χ4v) is 1.59. The molecular formula is C10H20ClNO. The summed E-state index contributed by atoms with van der Waals surface area (Å²) >= 11 is 6.04. The van der Waals surface area contributed by atoms with Crippen LogP contribution in [0.4, 0.5) is 0 Å². The highest BCUT2D eigenvalue weighted by atomic mass is 35.5. The van der Waals surface area contributed by atoms with Gasteiger partial charge in [0.05, 0.1) is 0 Å². The van der Waals surface area contributed by atoms with Crippen molar-refractivity contribution in [1.82, 2.24) is 5.32 Å². The summed E-state index contributed by atoms with van der Waals surface area (Å²) in [5.41, 5.74) is 0. The van der Waals surface area contributed by atoms with Crippen molar-refractivity contribution in [2.45, 2.75) is 51.3 Å². The van der Waals surface area contributed by atoms with Gasteiger partial charge >= 0.3 is 0 Å². The molecule has 0 saturated heterocycles. The average Bonchev–Trinajstić information content (AvgIpc) is 2.03. The van der Waals surface area contributed by atoms with Gasteiger partial charge in [-0.2, -0.15) is 0 Å². The van der Waals surface area contributed by atoms with Crippen LogP contribution < -0.4 is 5.32 Å². The molecule has 0 aliphatic rings. The maximum atomic E-state index is 10.5. The summed E-state index contributed by atoms with van der Waals surface area (Å²) in [5, 5.41) is 3.09. The second-order valence-corrected chi connectivity index (χ2v) is 3.98. The van der Waals surface area contributed by atoms with E-state index in [2.05, 4.69) is 12.2 Å². The molecule has 0 fully saturated rings. The van der Waals surface area contributed by atoms with E-state index >= 15 is 0 Å². The van der Waals surface area contributed by atoms with Gasteiger partial charge in [-0.3, -0.25) is 4.79 Å². The van der Waals surface area contributed by atoms with E-state index in [1.165, 1.54) is 0 Å². The summed E-state index contributed by atoms with van der Waals surface area (Å²) < 4.78 is 0. The second kappa shape index (κ2) is 8.36. The number of halogens is 1. The zero-order valence-electron chi connectivity index (χ0n) is 8.61. The first kappa shape index (κ1) is 12.8. The molecule has 1 N–H and O–H groups in total. The number of hydrogen-bond donors (Lipinski definition) is 1. The van der Waals surface area contributed by atoms with Gasteiger partial charge < -0.3 is 5.32 Å². The van der Waals surface area contributed by atoms with Crippen LogP contribution in [0.15, 0.2) is 0 Å². The first-order valence-electron chi connectivity index (χ1n) is 5.05. The Morgan fingerprint density at radius 2 is 2.08 bits per heavy atom. The predicted octanol–water partition coefficient (Wildman–Crippen LogP) is 2.70. The largest absolute Gasteiger partial charge is 0.356 e. The zero-order chi connectivity index (χ0) is 10.1. The van der Waals surface area contributed by atoms with Crippen LogP contribution in [0.1, 0.15) is 46.0 Å². The predicted molar refractivity (Wildman–Crippen MR) is 57.1 cm³/mol. The van der Waals surface area contributed by atoms with E-state index in [1.54, 1.807) is 6.92 Å². The van der Waals surface area contributed by atoms with Crippen molar-refractivity contribution in [3.8, 4) is 0 Å². The third-order valence-electron chi connectivity index (χ3n) is 1.92. The Hall–Kier alpha value is -0.240. The van der Waals surface area contributed by atoms with E-state index in [9.17, 15) is 4.79 Å². The van der Waals surface area contributed by atoms with Crippen LogP contribution in [0.2, 0.25) is 0 Å². The van der Waals surface area contributed by atoms with Gasteiger partial charge in [-0.15, -0.1) is 11.6 Å². The first-order chi connectivity index (χ1) is 6.16. The molecular weight excluding hydrogens is 186 g/mol. The minimum atomic E-state index is 0.0518. The van der Waals surface area contributed by atoms with Crippen LogP contribution in [0.5, 0.6) is 0 Å². The van der Waals surface area contributed by atoms with Crippen molar-refractivity contribution in [2.24, 2.45) is 0 Å². The van der Waals surface area contributed by atoms with Gasteiger partial charge in [0, 0.05) is 18.8 Å². The van der Waals surface area contributed by atoms with Crippen molar-refractivity contribution in [3.63, 3.8) is 0 Å². The Balaban J connectivity index is 3.11. The molecule has 0 saturated carbocycles. The highest BCUT2D eigenvalue weighted by Gasteiger charge is 2.01. The smallest absolute Gasteiger partial charge is 0.216 e. The van der Waals surface area contributed by atoms with E-state index < -0.39 is 0 Å². The Labute approximate surface area is 86.0 Å². The summed E-state index contributed by atoms with van der Waals surface area (Å²) in [6, 6.07) is 0. The van der Waals surface area contributed by atoms with Gasteiger partial charge in [-0.25, -0.2) is 0 Å². The highest BCUT2D eigenvalue weighted by molar-refractivity contribution is 6.20. The number of unbranched alkanes of at least 4 members (excludes halogenated alkanes) is 1. The Bertz CT molecular complexity index is 139. The Morgan fingerprint density at radius 1 is 1.38 bits per heavy atom. The van der Waals surface area contributed by atoms with Crippen molar-refractivity contribution >= 4 is 17.5 Å². The molecule has 0 aliphatic carbocycles. The number of amides is 1. The third kappa shape index (κ3) is 9.68. The molecule has 0 aromatic carbocycles. The number of carbonyl (C=O) groups excluding carboxylic acids is 1. The molecule has 2 nitrogen and oxygen atoms in total. The van der Waals surface area contributed by atoms with Crippen molar-refractivity contribution < 1.29 is 4.79 Å². The van der Waals surface area contributed by atoms with Gasteiger partial charge in [0.2, 0.25) is 5.91 Å². The highest BCUT2D eigenvalue weighted by Crippen LogP contribution is 2.12. The summed E-state index contributed by atoms with van der Waals surface area (Å²) in [5.74, 6) is 0.0518. The number of hydrogen-bond acceptors (Lipinski definition) is 1. The Morgan fingerprint density at radius 3 is 2.62 bits per heavy atom. The molecule has 0 aromatic rings. The molecule has 1 amide bonds. The minimum Gasteiger partial charge on any atom is -0.356 e. The fourth-order valence-electron chi connectivity index (χ4n) is 1.21. The number of rotatable bonds is 7. The van der Waals surface area contributed by atoms with E-state index in [0.29, 0.717) is 5.38 Å². The summed E-state index contributed by atoms with van der Waals surface area (Å²) in [4.78, 5) is 10.5. The van der Waals surface area contributed by atoms with Crippen LogP contribution in [0, 0.1) is 0 Å². The van der Waals surface area contributed by atoms with Crippen LogP contribution in [0.3, 0.4) is 0 Å². The minimum absolute atomic E-state index is 0.0518. The molecule has 0 rings (SSSR count). The zero-order valence-corrected chi connectivity index (χ0v) is 9.36. The molecule has 1 unspecified atom stereocenters. The lowest BCUT2D eigenvalue weighted by atomic mass is 10.1. The quantitative estimate of drug-likeness (QED) is 0.503. The van der Waals surface area contributed by atoms with Crippen molar-refractivity contribution in [1.29, 1.82) is 0 Å². The molecule has 0 bridgehead atoms. The summed E-state index contributed by atoms with van der Waals surface area (Å²) in [6.45, 7) is 4.47. The second-order valence-electron chi connectivity index (χ2n) is 3.36. The maximum Gasteiger partial charge on any atom is 0.216 e. The number of alkyl halides is 1. The third-order valence-corrected chi connectivity index (χ3v) is 2.36. The summed E-state index contributed by atoms with van der Waals surface area (Å²) in [7, 11) is 0. The molecule has 0 aliphatic heterocycles. The van der Waals surface area contributed by atoms with E-state index in [4.69, 9.17) is 11.6 Å². The first-order valence-corrected chi connectivity index (χ1v) is 5.49. The Kier molecular flexibility index (Phi) is 8.21. The van der Waals surface area contributed by atoms with Crippen LogP contribution in [0.25, 0.3) is 0 Å². The fraction of sp³-hybridized carbons (Fsp3) is 0.900. The van der Waals surface area contributed by atoms with E-state index in [1.807, 2.05) is 0 Å². The average molecular weight is 206 g/mol. The molecule has 1 atom stereocenters. The molecule has 0 spiro atoms. The van der Waals surface area contributed by atoms with Gasteiger partial charge in [-0.05, 0) is 19.3 Å². The monoisotopic (exact) mass is 205 g/mol. The molecule has 78 valence electrons. The molecule has 0 aromatic heterocycles. The maximum absolute atomic E-state index is 10.5. The molecule has 3 heteroatoms. The van der Waals surface area contributed by atoms with Crippen LogP contribution in [-0.4, -0.2) is 17.8 Å². The molecule has 0 heterocycles. The van der Waals surface area contributed by atoms with Gasteiger partial charge in [0.25, 0.3) is 0 Å². The van der Waals surface area contributed by atoms with Crippen molar-refractivity contribution in [3.05, 3.63) is 0 Å². The van der Waals surface area contributed by atoms with Crippen molar-refractivity contribution in [2.75, 3.05) is 6.54 Å². The van der Waals surface area contributed by atoms with Crippen LogP contribution in [-0.2, 0) is 4.79 Å². The normalized spacial score (nSPS) is 12.5. The lowest BCUT2D eigenvalue weighted by Crippen LogP contribution is -2.20. The summed E-state index contributed by atoms with van der Waals surface area (Å²) in [6.07, 6.45) is 5.46. The van der Waals surface area contributed by atoms with Crippen LogP contribution >= 0.6 is 11.6 Å². The SMILES string of the molecule is CCCC(Cl)CCCCNC(C)=O. The van der Waals surface area contributed by atoms with Gasteiger partial charge in [0.1, 0.15) is 0 Å². The molecule has 13 heavy (non-hydrogen) atoms. The lowest BCUT2D eigenvalue weighted by Gasteiger charge is -2.07.